The van der Waals surface area contributed by atoms with Crippen LogP contribution in [0.2, 0.25) is 0 Å². The first-order valence-electron chi connectivity index (χ1n) is 31.7. The van der Waals surface area contributed by atoms with E-state index in [1.165, 1.54) is 18.2 Å². The van der Waals surface area contributed by atoms with Crippen molar-refractivity contribution in [3.8, 4) is 17.2 Å². The standard InChI is InChI=1S/C58H74N2O11.C9H15O2.C6H4.3U/c1-3-55(62)67-30-8-6-5-7-29-65-48-23-25-49(26-24-48)69-39-44-19-21-45(22-20-44)41-71-51-14-10-12-47(36-51)58-57(46-11-9-13-50(35-46)70-40-43-17-15-42(38-61)16-18-43)59-53-28-27-52(37-54(53)60-58)66-33-31-64-32-34-68-56(63)4-2;1-3-5-6-7-8-11-9(10)4-2;1-2-4-6-5-3-1;;;/h3-4,10,12,23-28,35-37,39,42-46,51,56,63H,1-2,5-9,11,13-22,29-34,40-41H2;4H,1-3,5-8H2;1-2,5-6H;;;/q-2;-1;-2;;2*+2. The number of esters is 2. The van der Waals surface area contributed by atoms with E-state index in [1.807, 2.05) is 73.3 Å². The second kappa shape index (κ2) is 49.7. The van der Waals surface area contributed by atoms with Gasteiger partial charge in [-0.15, -0.1) is 11.8 Å². The zero-order chi connectivity index (χ0) is 62.2. The van der Waals surface area contributed by atoms with Crippen molar-refractivity contribution >= 4 is 34.8 Å². The quantitative estimate of drug-likeness (QED) is 0.0113. The van der Waals surface area contributed by atoms with Gasteiger partial charge in [-0.3, -0.25) is 30.6 Å². The zero-order valence-electron chi connectivity index (χ0n) is 53.1. The molecule has 4 aliphatic carbocycles. The monoisotopic (exact) mass is 1920 g/mol. The molecule has 0 spiro atoms. The predicted octanol–water partition coefficient (Wildman–Crippen LogP) is 14.5. The minimum Gasteiger partial charge on any atom is -0.662 e. The van der Waals surface area contributed by atoms with E-state index in [2.05, 4.69) is 69.4 Å². The summed E-state index contributed by atoms with van der Waals surface area (Å²) in [5.74, 6) is 4.06. The maximum absolute atomic E-state index is 11.2. The number of aromatic nitrogens is 2. The second-order valence-corrected chi connectivity index (χ2v) is 22.4. The third-order valence-electron chi connectivity index (χ3n) is 15.6. The number of hydrogen-bond donors (Lipinski definition) is 1. The topological polar surface area (TPSA) is 180 Å². The van der Waals surface area contributed by atoms with Gasteiger partial charge in [-0.1, -0.05) is 83.3 Å². The number of unbranched alkanes of at least 4 members (excludes halogenated alkanes) is 6. The molecule has 4 aromatic rings. The summed E-state index contributed by atoms with van der Waals surface area (Å²) >= 11 is 0. The average Bonchev–Trinajstić information content (AvgIpc) is 0.875. The van der Waals surface area contributed by atoms with Crippen molar-refractivity contribution in [2.24, 2.45) is 23.7 Å². The van der Waals surface area contributed by atoms with Crippen LogP contribution in [0.25, 0.3) is 16.6 Å². The molecule has 3 unspecified atom stereocenters. The van der Waals surface area contributed by atoms with Crippen LogP contribution in [-0.4, -0.2) is 105 Å². The summed E-state index contributed by atoms with van der Waals surface area (Å²) in [7, 11) is 0. The van der Waals surface area contributed by atoms with E-state index < -0.39 is 6.29 Å². The minimum atomic E-state index is -1.00. The predicted molar refractivity (Wildman–Crippen MR) is 342 cm³/mol. The molecule has 2 saturated carbocycles. The van der Waals surface area contributed by atoms with Gasteiger partial charge in [-0.25, -0.2) is 19.6 Å². The fourth-order valence-electron chi connectivity index (χ4n) is 10.6. The molecule has 486 valence electrons. The molecule has 18 heteroatoms. The van der Waals surface area contributed by atoms with Crippen molar-refractivity contribution in [1.82, 2.24) is 9.97 Å². The maximum Gasteiger partial charge on any atom is 2.00 e. The Balaban J connectivity index is 0.000000941. The normalized spacial score (nSPS) is 19.3. The minimum absolute atomic E-state index is 0. The number of carbonyl (C=O) groups is 2. The van der Waals surface area contributed by atoms with Crippen LogP contribution in [-0.2, 0) is 42.8 Å². The SMILES string of the molecule is C=CC(=O)OCCCCCCOc1ccc(O[CH-]C2CCC(COC3C=C(c4nc5cc(OCCOCCOC(O)C=C)ccc5nc4C4C=C(OCC5CCC([C-]=O)CC5)CCC4)C=CC3)CC2)cc1.C=CC(=O)OCCCCC[CH2-].[U+2].[U+2].[U].[c-]1cc[c-]cc1. The molecular formula is C73H93N2O13U3-. The van der Waals surface area contributed by atoms with Gasteiger partial charge in [-0.05, 0) is 131 Å². The van der Waals surface area contributed by atoms with Crippen LogP contribution in [0.4, 0.5) is 0 Å². The number of carbonyl (C=O) groups excluding carboxylic acids is 3. The van der Waals surface area contributed by atoms with E-state index in [0.717, 1.165) is 174 Å². The smallest absolute Gasteiger partial charge is 0.662 e. The number of nitrogens with zero attached hydrogens (tertiary/aromatic N) is 2. The molecule has 0 saturated heterocycles. The van der Waals surface area contributed by atoms with E-state index in [4.69, 9.17) is 52.6 Å². The summed E-state index contributed by atoms with van der Waals surface area (Å²) in [4.78, 5) is 43.5. The average molecular weight is 1920 g/mol. The molecule has 1 heterocycles. The van der Waals surface area contributed by atoms with Crippen molar-refractivity contribution < 1.29 is 155 Å². The van der Waals surface area contributed by atoms with Gasteiger partial charge in [0.2, 0.25) is 0 Å². The number of hydrogen-bond acceptors (Lipinski definition) is 15. The molecule has 1 aromatic heterocycles. The summed E-state index contributed by atoms with van der Waals surface area (Å²) in [5, 5.41) is 9.48. The first-order valence-corrected chi connectivity index (χ1v) is 31.7. The Hall–Kier alpha value is -3.75. The molecule has 0 aliphatic heterocycles. The third kappa shape index (κ3) is 33.0. The fraction of sp³-hybridized carbons (Fsp3) is 0.493. The van der Waals surface area contributed by atoms with Gasteiger partial charge in [0.25, 0.3) is 0 Å². The zero-order valence-corrected chi connectivity index (χ0v) is 65.6. The molecule has 3 atom stereocenters. The first-order chi connectivity index (χ1) is 43.2. The largest absolute Gasteiger partial charge is 2.00 e. The fourth-order valence-corrected chi connectivity index (χ4v) is 10.6. The van der Waals surface area contributed by atoms with Crippen LogP contribution in [0.1, 0.15) is 146 Å². The molecule has 2 fully saturated rings. The van der Waals surface area contributed by atoms with Crippen LogP contribution in [0, 0.1) is 143 Å². The summed E-state index contributed by atoms with van der Waals surface area (Å²) in [6.07, 6.45) is 33.2. The van der Waals surface area contributed by atoms with E-state index in [0.29, 0.717) is 76.4 Å². The summed E-state index contributed by atoms with van der Waals surface area (Å²) < 4.78 is 51.8. The summed E-state index contributed by atoms with van der Waals surface area (Å²) in [5.41, 5.74) is 4.34. The van der Waals surface area contributed by atoms with E-state index >= 15 is 0 Å². The van der Waals surface area contributed by atoms with Crippen LogP contribution in [0.5, 0.6) is 17.2 Å². The molecule has 15 nitrogen and oxygen atoms in total. The number of benzene rings is 3. The van der Waals surface area contributed by atoms with Crippen LogP contribution >= 0.6 is 0 Å². The van der Waals surface area contributed by atoms with Crippen LogP contribution < -0.4 is 14.2 Å². The Morgan fingerprint density at radius 1 is 0.692 bits per heavy atom. The van der Waals surface area contributed by atoms with Gasteiger partial charge in [0.15, 0.2) is 6.29 Å². The van der Waals surface area contributed by atoms with Gasteiger partial charge in [0, 0.05) is 67.2 Å². The number of aliphatic hydroxyl groups is 1. The molecule has 1 N–H and O–H groups in total. The van der Waals surface area contributed by atoms with E-state index in [9.17, 15) is 19.5 Å². The molecular weight excluding hydrogens is 1830 g/mol. The Morgan fingerprint density at radius 3 is 1.96 bits per heavy atom. The second-order valence-electron chi connectivity index (χ2n) is 22.4. The first kappa shape index (κ1) is 81.5. The molecule has 4 aliphatic rings. The molecule has 3 aromatic carbocycles. The Labute approximate surface area is 613 Å². The maximum atomic E-state index is 11.2. The van der Waals surface area contributed by atoms with Crippen molar-refractivity contribution in [1.29, 1.82) is 0 Å². The van der Waals surface area contributed by atoms with E-state index in [-0.39, 0.29) is 130 Å². The van der Waals surface area contributed by atoms with Gasteiger partial charge in [0.1, 0.15) is 18.1 Å². The number of fused-ring (bicyclic) bond motifs is 1. The Morgan fingerprint density at radius 2 is 1.31 bits per heavy atom. The van der Waals surface area contributed by atoms with Gasteiger partial charge >= 0.3 is 74.2 Å². The number of ether oxygens (including phenoxy) is 9. The molecule has 0 amide bonds. The van der Waals surface area contributed by atoms with Crippen molar-refractivity contribution in [2.75, 3.05) is 59.5 Å². The van der Waals surface area contributed by atoms with Crippen molar-refractivity contribution in [3.63, 3.8) is 0 Å². The molecule has 8 rings (SSSR count). The third-order valence-corrected chi connectivity index (χ3v) is 15.6. The number of aliphatic hydroxyl groups excluding tert-OH is 1. The van der Waals surface area contributed by atoms with Crippen LogP contribution in [0.3, 0.4) is 0 Å². The summed E-state index contributed by atoms with van der Waals surface area (Å²) in [6.45, 7) is 20.2. The van der Waals surface area contributed by atoms with E-state index in [1.54, 1.807) is 0 Å². The molecule has 91 heavy (non-hydrogen) atoms. The van der Waals surface area contributed by atoms with Gasteiger partial charge in [0.05, 0.1) is 92.9 Å². The number of rotatable bonds is 36. The summed E-state index contributed by atoms with van der Waals surface area (Å²) in [6, 6.07) is 26.7. The molecule has 0 radical (unpaired) electrons. The van der Waals surface area contributed by atoms with Gasteiger partial charge in [-0.2, -0.15) is 13.0 Å². The Kier molecular flexibility index (Phi) is 44.5. The van der Waals surface area contributed by atoms with Crippen molar-refractivity contribution in [3.05, 3.63) is 172 Å². The molecule has 0 bridgehead atoms. The Bertz CT molecular complexity index is 2740. The van der Waals surface area contributed by atoms with Gasteiger partial charge < -0.3 is 71.6 Å². The van der Waals surface area contributed by atoms with Crippen LogP contribution in [0.15, 0.2) is 135 Å². The van der Waals surface area contributed by atoms with Crippen molar-refractivity contribution in [2.45, 2.75) is 147 Å². The number of allylic oxidation sites excluding steroid dienone is 4.